The lowest BCUT2D eigenvalue weighted by Crippen LogP contribution is -2.10. The van der Waals surface area contributed by atoms with Gasteiger partial charge in [-0.15, -0.1) is 0 Å². The van der Waals surface area contributed by atoms with Gasteiger partial charge in [0.25, 0.3) is 0 Å². The zero-order valence-corrected chi connectivity index (χ0v) is 11.5. The molecule has 2 aromatic rings. The predicted molar refractivity (Wildman–Crippen MR) is 72.8 cm³/mol. The van der Waals surface area contributed by atoms with Crippen molar-refractivity contribution < 1.29 is 4.74 Å². The SMILES string of the molecule is CCCc1ncnc2c1ncn2C1CCC(CC)O1. The van der Waals surface area contributed by atoms with E-state index in [1.807, 2.05) is 6.33 Å². The highest BCUT2D eigenvalue weighted by atomic mass is 16.5. The minimum Gasteiger partial charge on any atom is -0.355 e. The Kier molecular flexibility index (Phi) is 3.46. The highest BCUT2D eigenvalue weighted by molar-refractivity contribution is 5.73. The van der Waals surface area contributed by atoms with Crippen molar-refractivity contribution in [3.8, 4) is 0 Å². The van der Waals surface area contributed by atoms with E-state index < -0.39 is 0 Å². The first-order chi connectivity index (χ1) is 9.33. The summed E-state index contributed by atoms with van der Waals surface area (Å²) in [5.41, 5.74) is 2.87. The smallest absolute Gasteiger partial charge is 0.165 e. The molecule has 5 nitrogen and oxygen atoms in total. The molecule has 1 aliphatic heterocycles. The van der Waals surface area contributed by atoms with Crippen LogP contribution in [0.25, 0.3) is 11.2 Å². The van der Waals surface area contributed by atoms with Crippen molar-refractivity contribution in [3.63, 3.8) is 0 Å². The lowest BCUT2D eigenvalue weighted by molar-refractivity contribution is 0.00289. The van der Waals surface area contributed by atoms with Crippen molar-refractivity contribution in [1.29, 1.82) is 0 Å². The zero-order valence-electron chi connectivity index (χ0n) is 11.5. The summed E-state index contributed by atoms with van der Waals surface area (Å²) in [6.07, 6.45) is 9.18. The molecular formula is C14H20N4O. The van der Waals surface area contributed by atoms with Gasteiger partial charge in [0.15, 0.2) is 5.65 Å². The fourth-order valence-corrected chi connectivity index (χ4v) is 2.72. The normalized spacial score (nSPS) is 23.3. The quantitative estimate of drug-likeness (QED) is 0.848. The van der Waals surface area contributed by atoms with Crippen LogP contribution in [0.4, 0.5) is 0 Å². The van der Waals surface area contributed by atoms with Crippen LogP contribution in [0.3, 0.4) is 0 Å². The Morgan fingerprint density at radius 1 is 1.26 bits per heavy atom. The van der Waals surface area contributed by atoms with E-state index in [4.69, 9.17) is 4.74 Å². The molecule has 2 atom stereocenters. The summed E-state index contributed by atoms with van der Waals surface area (Å²) in [7, 11) is 0. The maximum Gasteiger partial charge on any atom is 0.165 e. The highest BCUT2D eigenvalue weighted by Gasteiger charge is 2.27. The standard InChI is InChI=1S/C14H20N4O/c1-3-5-11-13-14(16-8-15-11)18(9-17-13)12-7-6-10(4-2)19-12/h8-10,12H,3-7H2,1-2H3. The number of fused-ring (bicyclic) bond motifs is 1. The van der Waals surface area contributed by atoms with E-state index in [1.54, 1.807) is 6.33 Å². The van der Waals surface area contributed by atoms with Crippen molar-refractivity contribution in [2.75, 3.05) is 0 Å². The second kappa shape index (κ2) is 5.25. The second-order valence-corrected chi connectivity index (χ2v) is 5.09. The van der Waals surface area contributed by atoms with Crippen molar-refractivity contribution in [2.45, 2.75) is 58.3 Å². The Morgan fingerprint density at radius 3 is 2.89 bits per heavy atom. The molecule has 102 valence electrons. The summed E-state index contributed by atoms with van der Waals surface area (Å²) in [6.45, 7) is 4.32. The summed E-state index contributed by atoms with van der Waals surface area (Å²) in [5.74, 6) is 0. The van der Waals surface area contributed by atoms with Crippen LogP contribution in [-0.4, -0.2) is 25.6 Å². The molecule has 5 heteroatoms. The van der Waals surface area contributed by atoms with Gasteiger partial charge in [-0.05, 0) is 25.7 Å². The Hall–Kier alpha value is -1.49. The largest absolute Gasteiger partial charge is 0.355 e. The number of nitrogens with zero attached hydrogens (tertiary/aromatic N) is 4. The van der Waals surface area contributed by atoms with Crippen LogP contribution in [0.1, 0.15) is 51.5 Å². The molecule has 1 fully saturated rings. The number of aryl methyl sites for hydroxylation is 1. The van der Waals surface area contributed by atoms with E-state index in [-0.39, 0.29) is 6.23 Å². The molecule has 2 aromatic heterocycles. The molecule has 1 aliphatic rings. The number of imidazole rings is 1. The number of hydrogen-bond donors (Lipinski definition) is 0. The average Bonchev–Trinajstić information content (AvgIpc) is 3.05. The Bertz CT molecular complexity index is 566. The number of hydrogen-bond acceptors (Lipinski definition) is 4. The van der Waals surface area contributed by atoms with Gasteiger partial charge >= 0.3 is 0 Å². The van der Waals surface area contributed by atoms with E-state index in [2.05, 4.69) is 33.4 Å². The molecule has 19 heavy (non-hydrogen) atoms. The minimum atomic E-state index is 0.0827. The Balaban J connectivity index is 1.95. The van der Waals surface area contributed by atoms with E-state index in [0.717, 1.165) is 49.0 Å². The molecule has 0 amide bonds. The Labute approximate surface area is 113 Å². The maximum atomic E-state index is 6.03. The predicted octanol–water partition coefficient (Wildman–Crippen LogP) is 2.87. The van der Waals surface area contributed by atoms with E-state index in [1.165, 1.54) is 0 Å². The van der Waals surface area contributed by atoms with Crippen LogP contribution in [0.15, 0.2) is 12.7 Å². The van der Waals surface area contributed by atoms with Crippen molar-refractivity contribution in [2.24, 2.45) is 0 Å². The first-order valence-electron chi connectivity index (χ1n) is 7.15. The lowest BCUT2D eigenvalue weighted by atomic mass is 10.2. The third-order valence-corrected chi connectivity index (χ3v) is 3.77. The van der Waals surface area contributed by atoms with Crippen LogP contribution in [0.2, 0.25) is 0 Å². The van der Waals surface area contributed by atoms with Gasteiger partial charge in [0, 0.05) is 0 Å². The van der Waals surface area contributed by atoms with Crippen LogP contribution in [0, 0.1) is 0 Å². The molecule has 1 saturated heterocycles. The Morgan fingerprint density at radius 2 is 2.16 bits per heavy atom. The number of ether oxygens (including phenoxy) is 1. The van der Waals surface area contributed by atoms with Gasteiger partial charge in [0.1, 0.15) is 18.1 Å². The topological polar surface area (TPSA) is 52.8 Å². The van der Waals surface area contributed by atoms with Gasteiger partial charge in [-0.25, -0.2) is 15.0 Å². The maximum absolute atomic E-state index is 6.03. The third-order valence-electron chi connectivity index (χ3n) is 3.77. The van der Waals surface area contributed by atoms with Gasteiger partial charge in [-0.3, -0.25) is 4.57 Å². The molecule has 0 radical (unpaired) electrons. The number of aromatic nitrogens is 4. The van der Waals surface area contributed by atoms with Crippen LogP contribution >= 0.6 is 0 Å². The van der Waals surface area contributed by atoms with Crippen LogP contribution in [0.5, 0.6) is 0 Å². The molecule has 2 unspecified atom stereocenters. The second-order valence-electron chi connectivity index (χ2n) is 5.09. The van der Waals surface area contributed by atoms with Crippen molar-refractivity contribution >= 4 is 11.2 Å². The van der Waals surface area contributed by atoms with Gasteiger partial charge in [0.05, 0.1) is 18.1 Å². The first kappa shape index (κ1) is 12.5. The average molecular weight is 260 g/mol. The zero-order chi connectivity index (χ0) is 13.2. The number of rotatable bonds is 4. The summed E-state index contributed by atoms with van der Waals surface area (Å²) >= 11 is 0. The fourth-order valence-electron chi connectivity index (χ4n) is 2.72. The highest BCUT2D eigenvalue weighted by Crippen LogP contribution is 2.31. The van der Waals surface area contributed by atoms with Gasteiger partial charge in [-0.2, -0.15) is 0 Å². The van der Waals surface area contributed by atoms with E-state index >= 15 is 0 Å². The molecule has 0 bridgehead atoms. The minimum absolute atomic E-state index is 0.0827. The van der Waals surface area contributed by atoms with E-state index in [9.17, 15) is 0 Å². The summed E-state index contributed by atoms with van der Waals surface area (Å²) in [4.78, 5) is 13.2. The van der Waals surface area contributed by atoms with Gasteiger partial charge in [0.2, 0.25) is 0 Å². The summed E-state index contributed by atoms with van der Waals surface area (Å²) in [5, 5.41) is 0. The summed E-state index contributed by atoms with van der Waals surface area (Å²) < 4.78 is 8.09. The van der Waals surface area contributed by atoms with Crippen LogP contribution in [-0.2, 0) is 11.2 Å². The third kappa shape index (κ3) is 2.23. The van der Waals surface area contributed by atoms with Crippen molar-refractivity contribution in [1.82, 2.24) is 19.5 Å². The molecule has 0 saturated carbocycles. The van der Waals surface area contributed by atoms with Crippen LogP contribution < -0.4 is 0 Å². The van der Waals surface area contributed by atoms with Gasteiger partial charge in [-0.1, -0.05) is 20.3 Å². The fraction of sp³-hybridized carbons (Fsp3) is 0.643. The molecule has 0 aromatic carbocycles. The van der Waals surface area contributed by atoms with Gasteiger partial charge < -0.3 is 4.74 Å². The summed E-state index contributed by atoms with van der Waals surface area (Å²) in [6, 6.07) is 0. The molecular weight excluding hydrogens is 240 g/mol. The molecule has 3 rings (SSSR count). The lowest BCUT2D eigenvalue weighted by Gasteiger charge is -2.14. The molecule has 0 aliphatic carbocycles. The molecule has 0 N–H and O–H groups in total. The monoisotopic (exact) mass is 260 g/mol. The van der Waals surface area contributed by atoms with E-state index in [0.29, 0.717) is 6.10 Å². The van der Waals surface area contributed by atoms with Crippen molar-refractivity contribution in [3.05, 3.63) is 18.3 Å². The first-order valence-corrected chi connectivity index (χ1v) is 7.15. The molecule has 3 heterocycles. The molecule has 0 spiro atoms.